The normalized spacial score (nSPS) is 13.7. The van der Waals surface area contributed by atoms with E-state index in [9.17, 15) is 14.7 Å². The van der Waals surface area contributed by atoms with Gasteiger partial charge in [-0.1, -0.05) is 37.9 Å². The van der Waals surface area contributed by atoms with Crippen LogP contribution in [-0.2, 0) is 16.1 Å². The quantitative estimate of drug-likeness (QED) is 0.815. The number of fused-ring (bicyclic) bond motifs is 1. The van der Waals surface area contributed by atoms with Crippen LogP contribution in [0.5, 0.6) is 0 Å². The number of amides is 1. The first-order valence-corrected chi connectivity index (χ1v) is 8.06. The molecule has 5 nitrogen and oxygen atoms in total. The van der Waals surface area contributed by atoms with Crippen molar-refractivity contribution in [2.45, 2.75) is 39.3 Å². The summed E-state index contributed by atoms with van der Waals surface area (Å²) in [6.45, 7) is 4.20. The van der Waals surface area contributed by atoms with Crippen molar-refractivity contribution in [1.29, 1.82) is 0 Å². The molecule has 0 aliphatic carbocycles. The molecule has 2 aromatic rings. The first kappa shape index (κ1) is 17.3. The van der Waals surface area contributed by atoms with Crippen LogP contribution in [-0.4, -0.2) is 27.6 Å². The van der Waals surface area contributed by atoms with E-state index in [2.05, 4.69) is 5.32 Å². The van der Waals surface area contributed by atoms with E-state index in [1.54, 1.807) is 0 Å². The van der Waals surface area contributed by atoms with E-state index in [4.69, 9.17) is 11.6 Å². The maximum absolute atomic E-state index is 12.1. The molecule has 0 aliphatic rings. The fraction of sp³-hybridized carbons (Fsp3) is 0.412. The molecule has 1 heterocycles. The van der Waals surface area contributed by atoms with Crippen molar-refractivity contribution in [2.24, 2.45) is 5.92 Å². The second kappa shape index (κ2) is 7.51. The minimum absolute atomic E-state index is 0.109. The molecule has 0 bridgehead atoms. The Labute approximate surface area is 140 Å². The fourth-order valence-corrected chi connectivity index (χ4v) is 2.67. The number of nitrogens with one attached hydrogen (secondary N) is 1. The van der Waals surface area contributed by atoms with Gasteiger partial charge in [0, 0.05) is 29.7 Å². The van der Waals surface area contributed by atoms with Crippen LogP contribution in [0.25, 0.3) is 10.9 Å². The summed E-state index contributed by atoms with van der Waals surface area (Å²) in [6.07, 6.45) is 2.81. The highest BCUT2D eigenvalue weighted by Crippen LogP contribution is 2.20. The lowest BCUT2D eigenvalue weighted by Crippen LogP contribution is -2.45. The van der Waals surface area contributed by atoms with Crippen molar-refractivity contribution in [3.05, 3.63) is 35.5 Å². The van der Waals surface area contributed by atoms with E-state index < -0.39 is 12.0 Å². The van der Waals surface area contributed by atoms with Crippen LogP contribution in [0, 0.1) is 5.92 Å². The largest absolute Gasteiger partial charge is 0.480 e. The summed E-state index contributed by atoms with van der Waals surface area (Å²) in [5, 5.41) is 13.5. The summed E-state index contributed by atoms with van der Waals surface area (Å²) in [4.78, 5) is 23.3. The van der Waals surface area contributed by atoms with Gasteiger partial charge in [-0.3, -0.25) is 4.79 Å². The number of rotatable bonds is 7. The lowest BCUT2D eigenvalue weighted by molar-refractivity contribution is -0.143. The van der Waals surface area contributed by atoms with Gasteiger partial charge in [-0.25, -0.2) is 4.79 Å². The Hall–Kier alpha value is -2.01. The molecule has 1 amide bonds. The molecular weight excluding hydrogens is 316 g/mol. The van der Waals surface area contributed by atoms with E-state index >= 15 is 0 Å². The maximum Gasteiger partial charge on any atom is 0.326 e. The first-order chi connectivity index (χ1) is 10.9. The summed E-state index contributed by atoms with van der Waals surface area (Å²) in [6, 6.07) is 6.72. The van der Waals surface area contributed by atoms with Crippen LogP contribution in [0.1, 0.15) is 26.7 Å². The zero-order valence-corrected chi connectivity index (χ0v) is 14.0. The van der Waals surface area contributed by atoms with Gasteiger partial charge in [0.05, 0.1) is 0 Å². The van der Waals surface area contributed by atoms with Crippen LogP contribution < -0.4 is 5.32 Å². The summed E-state index contributed by atoms with van der Waals surface area (Å²) in [5.41, 5.74) is 0.960. The number of aliphatic carboxylic acids is 1. The summed E-state index contributed by atoms with van der Waals surface area (Å²) in [7, 11) is 0. The van der Waals surface area contributed by atoms with E-state index in [1.165, 1.54) is 0 Å². The number of carboxylic acid groups (broad SMARTS) is 1. The molecule has 2 N–H and O–H groups in total. The van der Waals surface area contributed by atoms with Crippen molar-refractivity contribution < 1.29 is 14.7 Å². The average Bonchev–Trinajstić information content (AvgIpc) is 2.91. The van der Waals surface area contributed by atoms with Crippen LogP contribution in [0.3, 0.4) is 0 Å². The molecule has 124 valence electrons. The van der Waals surface area contributed by atoms with E-state index in [-0.39, 0.29) is 18.2 Å². The zero-order valence-electron chi connectivity index (χ0n) is 13.3. The predicted molar refractivity (Wildman–Crippen MR) is 90.6 cm³/mol. The molecule has 6 heteroatoms. The lowest BCUT2D eigenvalue weighted by atomic mass is 9.99. The minimum Gasteiger partial charge on any atom is -0.480 e. The topological polar surface area (TPSA) is 71.3 Å². The Balaban J connectivity index is 2.00. The standard InChI is InChI=1S/C17H21ClN2O3/c1-3-11(2)16(17(22)23)19-15(21)7-9-20-8-6-12-4-5-13(18)10-14(12)20/h4-6,8,10-11,16H,3,7,9H2,1-2H3,(H,19,21)(H,22,23)/t11-,16+/m0/s1. The highest BCUT2D eigenvalue weighted by molar-refractivity contribution is 6.31. The molecule has 1 aromatic carbocycles. The Morgan fingerprint density at radius 1 is 1.35 bits per heavy atom. The Morgan fingerprint density at radius 3 is 2.74 bits per heavy atom. The van der Waals surface area contributed by atoms with Gasteiger partial charge in [0.2, 0.25) is 5.91 Å². The minimum atomic E-state index is -0.995. The number of nitrogens with zero attached hydrogens (tertiary/aromatic N) is 1. The van der Waals surface area contributed by atoms with Crippen molar-refractivity contribution in [3.63, 3.8) is 0 Å². The Bertz CT molecular complexity index is 711. The Kier molecular flexibility index (Phi) is 5.66. The number of halogens is 1. The van der Waals surface area contributed by atoms with Crippen LogP contribution in [0.15, 0.2) is 30.5 Å². The molecule has 0 saturated heterocycles. The van der Waals surface area contributed by atoms with E-state index in [0.717, 1.165) is 10.9 Å². The first-order valence-electron chi connectivity index (χ1n) is 7.69. The van der Waals surface area contributed by atoms with Crippen LogP contribution >= 0.6 is 11.6 Å². The highest BCUT2D eigenvalue weighted by Gasteiger charge is 2.25. The third-order valence-electron chi connectivity index (χ3n) is 4.11. The molecule has 0 aliphatic heterocycles. The number of carbonyl (C=O) groups excluding carboxylic acids is 1. The van der Waals surface area contributed by atoms with Crippen molar-refractivity contribution in [3.8, 4) is 0 Å². The second-order valence-electron chi connectivity index (χ2n) is 5.73. The molecule has 0 spiro atoms. The van der Waals surface area contributed by atoms with Crippen molar-refractivity contribution >= 4 is 34.4 Å². The van der Waals surface area contributed by atoms with Crippen LogP contribution in [0.4, 0.5) is 0 Å². The molecule has 23 heavy (non-hydrogen) atoms. The fourth-order valence-electron chi connectivity index (χ4n) is 2.50. The van der Waals surface area contributed by atoms with Crippen LogP contribution in [0.2, 0.25) is 5.02 Å². The molecule has 2 atom stereocenters. The number of aryl methyl sites for hydroxylation is 1. The summed E-state index contributed by atoms with van der Waals surface area (Å²) >= 11 is 6.01. The number of hydrogen-bond donors (Lipinski definition) is 2. The van der Waals surface area contributed by atoms with Gasteiger partial charge in [0.15, 0.2) is 0 Å². The lowest BCUT2D eigenvalue weighted by Gasteiger charge is -2.20. The SMILES string of the molecule is CC[C@H](C)[C@@H](NC(=O)CCn1ccc2ccc(Cl)cc21)C(=O)O. The smallest absolute Gasteiger partial charge is 0.326 e. The molecule has 0 radical (unpaired) electrons. The molecule has 2 rings (SSSR count). The molecule has 0 unspecified atom stereocenters. The van der Waals surface area contributed by atoms with Gasteiger partial charge in [0.1, 0.15) is 6.04 Å². The summed E-state index contributed by atoms with van der Waals surface area (Å²) < 4.78 is 1.94. The zero-order chi connectivity index (χ0) is 17.0. The van der Waals surface area contributed by atoms with Gasteiger partial charge in [0.25, 0.3) is 0 Å². The predicted octanol–water partition coefficient (Wildman–Crippen LogP) is 3.30. The van der Waals surface area contributed by atoms with Gasteiger partial charge < -0.3 is 15.0 Å². The van der Waals surface area contributed by atoms with E-state index in [0.29, 0.717) is 18.0 Å². The third kappa shape index (κ3) is 4.26. The summed E-state index contributed by atoms with van der Waals surface area (Å²) in [5.74, 6) is -1.37. The number of carboxylic acids is 1. The van der Waals surface area contributed by atoms with E-state index in [1.807, 2.05) is 48.9 Å². The number of aromatic nitrogens is 1. The number of benzene rings is 1. The van der Waals surface area contributed by atoms with Gasteiger partial charge >= 0.3 is 5.97 Å². The van der Waals surface area contributed by atoms with Gasteiger partial charge in [-0.2, -0.15) is 0 Å². The third-order valence-corrected chi connectivity index (χ3v) is 4.35. The number of hydrogen-bond acceptors (Lipinski definition) is 2. The second-order valence-corrected chi connectivity index (χ2v) is 6.17. The molecular formula is C17H21ClN2O3. The molecule has 0 saturated carbocycles. The van der Waals surface area contributed by atoms with Gasteiger partial charge in [-0.05, 0) is 29.5 Å². The maximum atomic E-state index is 12.1. The van der Waals surface area contributed by atoms with Gasteiger partial charge in [-0.15, -0.1) is 0 Å². The molecule has 1 aromatic heterocycles. The van der Waals surface area contributed by atoms with Crippen molar-refractivity contribution in [2.75, 3.05) is 0 Å². The average molecular weight is 337 g/mol. The monoisotopic (exact) mass is 336 g/mol. The van der Waals surface area contributed by atoms with Crippen molar-refractivity contribution in [1.82, 2.24) is 9.88 Å². The Morgan fingerprint density at radius 2 is 2.09 bits per heavy atom. The number of carbonyl (C=O) groups is 2. The molecule has 0 fully saturated rings. The highest BCUT2D eigenvalue weighted by atomic mass is 35.5.